The number of piperazine rings is 1. The lowest BCUT2D eigenvalue weighted by Crippen LogP contribution is -2.48. The third kappa shape index (κ3) is 3.29. The Bertz CT molecular complexity index is 468. The highest BCUT2D eigenvalue weighted by Crippen LogP contribution is 2.21. The molecule has 1 fully saturated rings. The molecule has 1 heterocycles. The van der Waals surface area contributed by atoms with Gasteiger partial charge in [-0.3, -0.25) is 9.69 Å². The molecule has 1 aromatic rings. The molecule has 110 valence electrons. The third-order valence-electron chi connectivity index (χ3n) is 3.91. The molecule has 0 radical (unpaired) electrons. The summed E-state index contributed by atoms with van der Waals surface area (Å²) in [7, 11) is 0. The zero-order valence-corrected chi connectivity index (χ0v) is 12.1. The third-order valence-corrected chi connectivity index (χ3v) is 3.91. The van der Waals surface area contributed by atoms with E-state index in [1.807, 2.05) is 18.2 Å². The molecule has 1 unspecified atom stereocenters. The predicted molar refractivity (Wildman–Crippen MR) is 79.9 cm³/mol. The Morgan fingerprint density at radius 2 is 1.90 bits per heavy atom. The Kier molecular flexibility index (Phi) is 4.62. The molecule has 1 aromatic carbocycles. The normalized spacial score (nSPS) is 18.3. The molecule has 1 atom stereocenters. The Morgan fingerprint density at radius 1 is 1.25 bits per heavy atom. The highest BCUT2D eigenvalue weighted by Gasteiger charge is 2.20. The van der Waals surface area contributed by atoms with Gasteiger partial charge in [0.25, 0.3) is 0 Å². The van der Waals surface area contributed by atoms with Crippen molar-refractivity contribution >= 4 is 11.7 Å². The Hall–Kier alpha value is -1.59. The van der Waals surface area contributed by atoms with Crippen LogP contribution in [0.25, 0.3) is 0 Å². The molecular weight excluding hydrogens is 254 g/mol. The average Bonchev–Trinajstić information content (AvgIpc) is 2.46. The van der Waals surface area contributed by atoms with Crippen LogP contribution in [0.2, 0.25) is 0 Å². The summed E-state index contributed by atoms with van der Waals surface area (Å²) in [6, 6.07) is 7.18. The maximum absolute atomic E-state index is 11.0. The van der Waals surface area contributed by atoms with Crippen LogP contribution in [0, 0.1) is 0 Å². The first kappa shape index (κ1) is 14.8. The first-order chi connectivity index (χ1) is 9.49. The number of aliphatic carboxylic acids is 1. The van der Waals surface area contributed by atoms with Crippen molar-refractivity contribution < 1.29 is 9.90 Å². The molecular formula is C15H23N3O2. The molecule has 1 aliphatic heterocycles. The van der Waals surface area contributed by atoms with E-state index in [-0.39, 0.29) is 0 Å². The van der Waals surface area contributed by atoms with Gasteiger partial charge in [-0.25, -0.2) is 0 Å². The number of anilines is 1. The molecule has 0 spiro atoms. The van der Waals surface area contributed by atoms with E-state index in [2.05, 4.69) is 23.6 Å². The first-order valence-corrected chi connectivity index (χ1v) is 7.06. The van der Waals surface area contributed by atoms with Crippen LogP contribution in [-0.4, -0.2) is 48.2 Å². The number of rotatable bonds is 4. The number of carbonyl (C=O) groups is 1. The maximum Gasteiger partial charge on any atom is 0.325 e. The van der Waals surface area contributed by atoms with E-state index in [4.69, 9.17) is 10.8 Å². The van der Waals surface area contributed by atoms with Crippen LogP contribution in [0.3, 0.4) is 0 Å². The molecule has 5 nitrogen and oxygen atoms in total. The van der Waals surface area contributed by atoms with Gasteiger partial charge < -0.3 is 15.7 Å². The highest BCUT2D eigenvalue weighted by atomic mass is 16.4. The summed E-state index contributed by atoms with van der Waals surface area (Å²) >= 11 is 0. The van der Waals surface area contributed by atoms with Crippen LogP contribution in [0.1, 0.15) is 25.5 Å². The lowest BCUT2D eigenvalue weighted by Gasteiger charge is -2.38. The summed E-state index contributed by atoms with van der Waals surface area (Å²) in [4.78, 5) is 15.7. The van der Waals surface area contributed by atoms with Crippen molar-refractivity contribution in [1.82, 2.24) is 4.90 Å². The van der Waals surface area contributed by atoms with Crippen molar-refractivity contribution in [3.63, 3.8) is 0 Å². The summed E-state index contributed by atoms with van der Waals surface area (Å²) in [6.07, 6.45) is 0. The molecule has 2 rings (SSSR count). The van der Waals surface area contributed by atoms with Crippen molar-refractivity contribution in [2.75, 3.05) is 31.1 Å². The molecule has 0 bridgehead atoms. The highest BCUT2D eigenvalue weighted by molar-refractivity contribution is 5.75. The summed E-state index contributed by atoms with van der Waals surface area (Å²) in [5.41, 5.74) is 7.38. The topological polar surface area (TPSA) is 69.8 Å². The van der Waals surface area contributed by atoms with Crippen molar-refractivity contribution in [3.8, 4) is 0 Å². The van der Waals surface area contributed by atoms with E-state index >= 15 is 0 Å². The fraction of sp³-hybridized carbons (Fsp3) is 0.533. The predicted octanol–water partition coefficient (Wildman–Crippen LogP) is 1.30. The van der Waals surface area contributed by atoms with Crippen LogP contribution >= 0.6 is 0 Å². The summed E-state index contributed by atoms with van der Waals surface area (Å²) < 4.78 is 0. The van der Waals surface area contributed by atoms with Gasteiger partial charge in [-0.15, -0.1) is 0 Å². The number of nitrogens with zero attached hydrogens (tertiary/aromatic N) is 2. The number of benzene rings is 1. The van der Waals surface area contributed by atoms with Crippen LogP contribution in [0.15, 0.2) is 24.3 Å². The van der Waals surface area contributed by atoms with Crippen molar-refractivity contribution in [3.05, 3.63) is 29.8 Å². The second-order valence-electron chi connectivity index (χ2n) is 5.53. The molecule has 1 aliphatic rings. The number of nitrogens with two attached hydrogens (primary N) is 1. The van der Waals surface area contributed by atoms with Crippen LogP contribution < -0.4 is 10.6 Å². The zero-order chi connectivity index (χ0) is 14.7. The molecule has 1 saturated heterocycles. The zero-order valence-electron chi connectivity index (χ0n) is 12.1. The maximum atomic E-state index is 11.0. The van der Waals surface area contributed by atoms with Gasteiger partial charge in [-0.05, 0) is 31.5 Å². The molecule has 20 heavy (non-hydrogen) atoms. The van der Waals surface area contributed by atoms with Gasteiger partial charge in [0.15, 0.2) is 0 Å². The Balaban J connectivity index is 2.07. The summed E-state index contributed by atoms with van der Waals surface area (Å²) in [5.74, 6) is -0.994. The van der Waals surface area contributed by atoms with Crippen molar-refractivity contribution in [2.24, 2.45) is 5.73 Å². The van der Waals surface area contributed by atoms with Gasteiger partial charge in [0, 0.05) is 37.9 Å². The van der Waals surface area contributed by atoms with Crippen molar-refractivity contribution in [1.29, 1.82) is 0 Å². The summed E-state index contributed by atoms with van der Waals surface area (Å²) in [5, 5.41) is 8.99. The fourth-order valence-corrected chi connectivity index (χ4v) is 2.55. The van der Waals surface area contributed by atoms with Gasteiger partial charge in [-0.1, -0.05) is 12.1 Å². The number of hydrogen-bond acceptors (Lipinski definition) is 4. The van der Waals surface area contributed by atoms with Crippen LogP contribution in [0.4, 0.5) is 5.69 Å². The fourth-order valence-electron chi connectivity index (χ4n) is 2.55. The van der Waals surface area contributed by atoms with E-state index in [1.165, 1.54) is 0 Å². The second kappa shape index (κ2) is 6.24. The molecule has 5 heteroatoms. The van der Waals surface area contributed by atoms with Crippen molar-refractivity contribution in [2.45, 2.75) is 25.9 Å². The van der Waals surface area contributed by atoms with E-state index in [9.17, 15) is 4.79 Å². The second-order valence-corrected chi connectivity index (χ2v) is 5.53. The minimum Gasteiger partial charge on any atom is -0.480 e. The Labute approximate surface area is 120 Å². The van der Waals surface area contributed by atoms with Gasteiger partial charge in [0.05, 0.1) is 0 Å². The molecule has 0 saturated carbocycles. The number of carboxylic acid groups (broad SMARTS) is 1. The monoisotopic (exact) mass is 277 g/mol. The molecule has 0 amide bonds. The van der Waals surface area contributed by atoms with E-state index in [0.29, 0.717) is 11.6 Å². The quantitative estimate of drug-likeness (QED) is 0.868. The smallest absolute Gasteiger partial charge is 0.325 e. The van der Waals surface area contributed by atoms with Gasteiger partial charge in [0.1, 0.15) is 6.04 Å². The standard InChI is InChI=1S/C15H23N3O2/c1-11(2)17-6-8-18(9-7-17)13-5-3-4-12(10-13)14(16)15(19)20/h3-5,10-11,14H,6-9,16H2,1-2H3,(H,19,20). The van der Waals surface area contributed by atoms with Gasteiger partial charge in [-0.2, -0.15) is 0 Å². The van der Waals surface area contributed by atoms with Gasteiger partial charge in [0.2, 0.25) is 0 Å². The minimum atomic E-state index is -0.994. The van der Waals surface area contributed by atoms with Crippen LogP contribution in [-0.2, 0) is 4.79 Å². The van der Waals surface area contributed by atoms with Gasteiger partial charge >= 0.3 is 5.97 Å². The number of carboxylic acids is 1. The molecule has 0 aliphatic carbocycles. The molecule has 0 aromatic heterocycles. The lowest BCUT2D eigenvalue weighted by atomic mass is 10.1. The minimum absolute atomic E-state index is 0.573. The van der Waals surface area contributed by atoms with Crippen LogP contribution in [0.5, 0.6) is 0 Å². The van der Waals surface area contributed by atoms with E-state index < -0.39 is 12.0 Å². The van der Waals surface area contributed by atoms with E-state index in [0.717, 1.165) is 31.9 Å². The van der Waals surface area contributed by atoms with E-state index in [1.54, 1.807) is 6.07 Å². The largest absolute Gasteiger partial charge is 0.480 e. The molecule has 3 N–H and O–H groups in total. The number of hydrogen-bond donors (Lipinski definition) is 2. The lowest BCUT2D eigenvalue weighted by molar-refractivity contribution is -0.138. The SMILES string of the molecule is CC(C)N1CCN(c2cccc(C(N)C(=O)O)c2)CC1. The first-order valence-electron chi connectivity index (χ1n) is 7.06. The average molecular weight is 277 g/mol. The Morgan fingerprint density at radius 3 is 2.45 bits per heavy atom. The summed E-state index contributed by atoms with van der Waals surface area (Å²) in [6.45, 7) is 8.41.